The molecule has 0 spiro atoms. The van der Waals surface area contributed by atoms with E-state index in [-0.39, 0.29) is 0 Å². The Labute approximate surface area is 108 Å². The van der Waals surface area contributed by atoms with E-state index >= 15 is 0 Å². The second-order valence-electron chi connectivity index (χ2n) is 5.40. The van der Waals surface area contributed by atoms with Crippen molar-refractivity contribution in [2.24, 2.45) is 5.92 Å². The van der Waals surface area contributed by atoms with Gasteiger partial charge in [-0.3, -0.25) is 0 Å². The zero-order valence-corrected chi connectivity index (χ0v) is 11.4. The molecule has 2 atom stereocenters. The molecule has 3 heteroatoms. The Balaban J connectivity index is 2.16. The van der Waals surface area contributed by atoms with E-state index in [2.05, 4.69) is 48.9 Å². The van der Waals surface area contributed by atoms with Gasteiger partial charge in [0.1, 0.15) is 5.82 Å². The molecule has 0 radical (unpaired) electrons. The Morgan fingerprint density at radius 2 is 2.28 bits per heavy atom. The SMILES string of the molecule is CCn1c(C2NCCC2C)nc2cc(C)ccc21. The van der Waals surface area contributed by atoms with E-state index in [1.165, 1.54) is 23.3 Å². The smallest absolute Gasteiger partial charge is 0.127 e. The number of nitrogens with zero attached hydrogens (tertiary/aromatic N) is 2. The van der Waals surface area contributed by atoms with Crippen molar-refractivity contribution in [2.75, 3.05) is 6.54 Å². The second-order valence-corrected chi connectivity index (χ2v) is 5.40. The maximum Gasteiger partial charge on any atom is 0.127 e. The Bertz CT molecular complexity index is 570. The van der Waals surface area contributed by atoms with Crippen molar-refractivity contribution in [1.29, 1.82) is 0 Å². The largest absolute Gasteiger partial charge is 0.327 e. The molecule has 18 heavy (non-hydrogen) atoms. The van der Waals surface area contributed by atoms with Crippen molar-refractivity contribution in [3.05, 3.63) is 29.6 Å². The van der Waals surface area contributed by atoms with Gasteiger partial charge in [-0.05, 0) is 50.4 Å². The topological polar surface area (TPSA) is 29.9 Å². The Morgan fingerprint density at radius 3 is 2.94 bits per heavy atom. The third-order valence-electron chi connectivity index (χ3n) is 4.06. The zero-order chi connectivity index (χ0) is 12.7. The highest BCUT2D eigenvalue weighted by Gasteiger charge is 2.28. The minimum absolute atomic E-state index is 0.414. The van der Waals surface area contributed by atoms with E-state index in [1.807, 2.05) is 0 Å². The van der Waals surface area contributed by atoms with E-state index in [0.29, 0.717) is 12.0 Å². The standard InChI is InChI=1S/C15H21N3/c1-4-18-13-6-5-10(2)9-12(13)17-15(18)14-11(3)7-8-16-14/h5-6,9,11,14,16H,4,7-8H2,1-3H3. The number of benzene rings is 1. The molecular weight excluding hydrogens is 222 g/mol. The summed E-state index contributed by atoms with van der Waals surface area (Å²) >= 11 is 0. The molecule has 2 aromatic rings. The molecule has 1 aliphatic rings. The van der Waals surface area contributed by atoms with Crippen LogP contribution in [0.15, 0.2) is 18.2 Å². The minimum atomic E-state index is 0.414. The van der Waals surface area contributed by atoms with Crippen molar-refractivity contribution in [2.45, 2.75) is 39.8 Å². The highest BCUT2D eigenvalue weighted by Crippen LogP contribution is 2.31. The summed E-state index contributed by atoms with van der Waals surface area (Å²) in [5.41, 5.74) is 3.67. The average molecular weight is 243 g/mol. The summed E-state index contributed by atoms with van der Waals surface area (Å²) in [6.07, 6.45) is 1.25. The number of hydrogen-bond acceptors (Lipinski definition) is 2. The molecule has 2 unspecified atom stereocenters. The summed E-state index contributed by atoms with van der Waals surface area (Å²) in [6, 6.07) is 6.97. The van der Waals surface area contributed by atoms with Gasteiger partial charge in [0.05, 0.1) is 17.1 Å². The van der Waals surface area contributed by atoms with Crippen LogP contribution in [0.1, 0.15) is 37.7 Å². The number of aromatic nitrogens is 2. The van der Waals surface area contributed by atoms with Crippen LogP contribution in [0, 0.1) is 12.8 Å². The molecule has 96 valence electrons. The van der Waals surface area contributed by atoms with E-state index in [0.717, 1.165) is 18.6 Å². The summed E-state index contributed by atoms with van der Waals surface area (Å²) in [4.78, 5) is 4.88. The lowest BCUT2D eigenvalue weighted by molar-refractivity contribution is 0.462. The molecule has 1 fully saturated rings. The minimum Gasteiger partial charge on any atom is -0.327 e. The first kappa shape index (κ1) is 11.7. The van der Waals surface area contributed by atoms with Gasteiger partial charge in [-0.2, -0.15) is 0 Å². The van der Waals surface area contributed by atoms with Crippen LogP contribution in [-0.4, -0.2) is 16.1 Å². The van der Waals surface area contributed by atoms with Gasteiger partial charge in [-0.25, -0.2) is 4.98 Å². The van der Waals surface area contributed by atoms with Crippen molar-refractivity contribution in [3.8, 4) is 0 Å². The third kappa shape index (κ3) is 1.74. The van der Waals surface area contributed by atoms with Crippen LogP contribution in [0.5, 0.6) is 0 Å². The molecule has 3 nitrogen and oxygen atoms in total. The van der Waals surface area contributed by atoms with Gasteiger partial charge in [0.2, 0.25) is 0 Å². The maximum absolute atomic E-state index is 4.88. The van der Waals surface area contributed by atoms with E-state index < -0.39 is 0 Å². The summed E-state index contributed by atoms with van der Waals surface area (Å²) < 4.78 is 2.36. The Morgan fingerprint density at radius 1 is 1.44 bits per heavy atom. The average Bonchev–Trinajstić information content (AvgIpc) is 2.91. The lowest BCUT2D eigenvalue weighted by atomic mass is 10.0. The molecule has 0 aliphatic carbocycles. The summed E-state index contributed by atoms with van der Waals surface area (Å²) in [6.45, 7) is 8.73. The predicted molar refractivity (Wildman–Crippen MR) is 74.7 cm³/mol. The number of imidazole rings is 1. The number of aryl methyl sites for hydroxylation is 2. The van der Waals surface area contributed by atoms with Gasteiger partial charge in [-0.1, -0.05) is 13.0 Å². The van der Waals surface area contributed by atoms with Gasteiger partial charge >= 0.3 is 0 Å². The van der Waals surface area contributed by atoms with Crippen LogP contribution in [0.2, 0.25) is 0 Å². The first-order valence-electron chi connectivity index (χ1n) is 6.91. The van der Waals surface area contributed by atoms with Crippen LogP contribution in [0.25, 0.3) is 11.0 Å². The quantitative estimate of drug-likeness (QED) is 0.878. The number of hydrogen-bond donors (Lipinski definition) is 1. The second kappa shape index (κ2) is 4.39. The maximum atomic E-state index is 4.88. The molecule has 2 heterocycles. The number of fused-ring (bicyclic) bond motifs is 1. The fraction of sp³-hybridized carbons (Fsp3) is 0.533. The van der Waals surface area contributed by atoms with Gasteiger partial charge < -0.3 is 9.88 Å². The lowest BCUT2D eigenvalue weighted by Crippen LogP contribution is -2.21. The molecule has 0 amide bonds. The Kier molecular flexibility index (Phi) is 2.86. The fourth-order valence-corrected chi connectivity index (χ4v) is 3.01. The molecule has 1 aliphatic heterocycles. The highest BCUT2D eigenvalue weighted by atomic mass is 15.1. The van der Waals surface area contributed by atoms with Crippen molar-refractivity contribution < 1.29 is 0 Å². The van der Waals surface area contributed by atoms with Crippen LogP contribution in [0.4, 0.5) is 0 Å². The number of rotatable bonds is 2. The van der Waals surface area contributed by atoms with Crippen LogP contribution in [-0.2, 0) is 6.54 Å². The normalized spacial score (nSPS) is 23.9. The fourth-order valence-electron chi connectivity index (χ4n) is 3.01. The molecule has 0 bridgehead atoms. The van der Waals surface area contributed by atoms with Crippen molar-refractivity contribution in [3.63, 3.8) is 0 Å². The third-order valence-corrected chi connectivity index (χ3v) is 4.06. The summed E-state index contributed by atoms with van der Waals surface area (Å²) in [7, 11) is 0. The zero-order valence-electron chi connectivity index (χ0n) is 11.4. The monoisotopic (exact) mass is 243 g/mol. The summed E-state index contributed by atoms with van der Waals surface area (Å²) in [5.74, 6) is 1.89. The summed E-state index contributed by atoms with van der Waals surface area (Å²) in [5, 5.41) is 3.59. The molecule has 1 N–H and O–H groups in total. The van der Waals surface area contributed by atoms with Gasteiger partial charge in [0.15, 0.2) is 0 Å². The van der Waals surface area contributed by atoms with Gasteiger partial charge in [0, 0.05) is 6.54 Å². The first-order valence-corrected chi connectivity index (χ1v) is 6.91. The van der Waals surface area contributed by atoms with Crippen LogP contribution >= 0.6 is 0 Å². The molecule has 1 saturated heterocycles. The molecular formula is C15H21N3. The number of nitrogens with one attached hydrogen (secondary N) is 1. The first-order chi connectivity index (χ1) is 8.70. The van der Waals surface area contributed by atoms with E-state index in [1.54, 1.807) is 0 Å². The van der Waals surface area contributed by atoms with Crippen molar-refractivity contribution in [1.82, 2.24) is 14.9 Å². The molecule has 1 aromatic heterocycles. The van der Waals surface area contributed by atoms with E-state index in [9.17, 15) is 0 Å². The van der Waals surface area contributed by atoms with Gasteiger partial charge in [-0.15, -0.1) is 0 Å². The van der Waals surface area contributed by atoms with Crippen LogP contribution in [0.3, 0.4) is 0 Å². The molecule has 1 aromatic carbocycles. The predicted octanol–water partition coefficient (Wildman–Crippen LogP) is 3.04. The molecule has 3 rings (SSSR count). The lowest BCUT2D eigenvalue weighted by Gasteiger charge is -2.16. The van der Waals surface area contributed by atoms with E-state index in [4.69, 9.17) is 4.98 Å². The highest BCUT2D eigenvalue weighted by molar-refractivity contribution is 5.77. The van der Waals surface area contributed by atoms with Gasteiger partial charge in [0.25, 0.3) is 0 Å². The van der Waals surface area contributed by atoms with Crippen LogP contribution < -0.4 is 5.32 Å². The Hall–Kier alpha value is -1.35. The van der Waals surface area contributed by atoms with Crippen molar-refractivity contribution >= 4 is 11.0 Å². The molecule has 0 saturated carbocycles.